The van der Waals surface area contributed by atoms with E-state index >= 15 is 0 Å². The highest BCUT2D eigenvalue weighted by atomic mass is 32.2. The Balaban J connectivity index is 2.12. The van der Waals surface area contributed by atoms with E-state index in [1.165, 1.54) is 6.42 Å². The molecule has 2 rings (SSSR count). The molecule has 0 amide bonds. The van der Waals surface area contributed by atoms with Gasteiger partial charge in [-0.15, -0.1) is 0 Å². The highest BCUT2D eigenvalue weighted by molar-refractivity contribution is 7.86. The molecule has 4 nitrogen and oxygen atoms in total. The van der Waals surface area contributed by atoms with E-state index in [0.717, 1.165) is 43.4 Å². The van der Waals surface area contributed by atoms with Gasteiger partial charge < -0.3 is 0 Å². The topological polar surface area (TPSA) is 55.7 Å². The zero-order chi connectivity index (χ0) is 16.2. The zero-order valence-electron chi connectivity index (χ0n) is 13.6. The Morgan fingerprint density at radius 1 is 1.09 bits per heavy atom. The SMILES string of the molecule is CCC(C)(C)c1ccc(S(=O)(=O)ON=C2CCCCC2)cc1. The molecule has 0 aromatic heterocycles. The second kappa shape index (κ2) is 6.82. The molecule has 0 spiro atoms. The van der Waals surface area contributed by atoms with Gasteiger partial charge in [-0.3, -0.25) is 4.28 Å². The second-order valence-electron chi connectivity index (χ2n) is 6.51. The Bertz CT molecular complexity index is 622. The van der Waals surface area contributed by atoms with Crippen molar-refractivity contribution < 1.29 is 12.7 Å². The summed E-state index contributed by atoms with van der Waals surface area (Å²) in [5, 5.41) is 3.85. The largest absolute Gasteiger partial charge is 0.358 e. The molecule has 1 saturated carbocycles. The van der Waals surface area contributed by atoms with Crippen LogP contribution in [0.15, 0.2) is 34.3 Å². The predicted octanol–water partition coefficient (Wildman–Crippen LogP) is 4.40. The van der Waals surface area contributed by atoms with Gasteiger partial charge in [-0.05, 0) is 55.2 Å². The van der Waals surface area contributed by atoms with E-state index in [0.29, 0.717) is 0 Å². The van der Waals surface area contributed by atoms with Crippen LogP contribution < -0.4 is 0 Å². The molecule has 0 unspecified atom stereocenters. The zero-order valence-corrected chi connectivity index (χ0v) is 14.4. The number of rotatable bonds is 5. The van der Waals surface area contributed by atoms with E-state index in [9.17, 15) is 8.42 Å². The molecule has 0 aliphatic heterocycles. The molecule has 1 aliphatic carbocycles. The molecular formula is C17H25NO3S. The van der Waals surface area contributed by atoms with Crippen molar-refractivity contribution in [2.24, 2.45) is 5.16 Å². The summed E-state index contributed by atoms with van der Waals surface area (Å²) in [6, 6.07) is 6.91. The van der Waals surface area contributed by atoms with Crippen molar-refractivity contribution in [2.75, 3.05) is 0 Å². The van der Waals surface area contributed by atoms with Crippen molar-refractivity contribution in [1.29, 1.82) is 0 Å². The smallest absolute Gasteiger partial charge is 0.265 e. The maximum absolute atomic E-state index is 12.2. The van der Waals surface area contributed by atoms with Crippen molar-refractivity contribution in [3.8, 4) is 0 Å². The van der Waals surface area contributed by atoms with Gasteiger partial charge in [0.2, 0.25) is 0 Å². The molecule has 0 saturated heterocycles. The van der Waals surface area contributed by atoms with Crippen molar-refractivity contribution in [1.82, 2.24) is 0 Å². The van der Waals surface area contributed by atoms with Gasteiger partial charge in [-0.2, -0.15) is 8.42 Å². The van der Waals surface area contributed by atoms with Crippen LogP contribution in [0, 0.1) is 0 Å². The predicted molar refractivity (Wildman–Crippen MR) is 88.5 cm³/mol. The molecule has 1 aromatic carbocycles. The molecule has 1 aromatic rings. The van der Waals surface area contributed by atoms with Crippen molar-refractivity contribution in [2.45, 2.75) is 69.6 Å². The molecule has 122 valence electrons. The van der Waals surface area contributed by atoms with E-state index in [1.54, 1.807) is 12.1 Å². The highest BCUT2D eigenvalue weighted by Crippen LogP contribution is 2.27. The lowest BCUT2D eigenvalue weighted by atomic mass is 9.82. The number of oxime groups is 1. The van der Waals surface area contributed by atoms with Gasteiger partial charge in [0.25, 0.3) is 0 Å². The molecule has 1 aliphatic rings. The Morgan fingerprint density at radius 3 is 2.23 bits per heavy atom. The van der Waals surface area contributed by atoms with E-state index < -0.39 is 10.1 Å². The summed E-state index contributed by atoms with van der Waals surface area (Å²) < 4.78 is 29.2. The van der Waals surface area contributed by atoms with Crippen LogP contribution in [-0.2, 0) is 19.8 Å². The van der Waals surface area contributed by atoms with Gasteiger partial charge in [0.05, 0.1) is 5.71 Å². The minimum absolute atomic E-state index is 0.0332. The monoisotopic (exact) mass is 323 g/mol. The maximum atomic E-state index is 12.2. The summed E-state index contributed by atoms with van der Waals surface area (Å²) in [6.45, 7) is 6.40. The van der Waals surface area contributed by atoms with Crippen LogP contribution in [0.25, 0.3) is 0 Å². The molecule has 0 heterocycles. The van der Waals surface area contributed by atoms with Crippen LogP contribution in [-0.4, -0.2) is 14.1 Å². The van der Waals surface area contributed by atoms with Gasteiger partial charge >= 0.3 is 10.1 Å². The summed E-state index contributed by atoms with van der Waals surface area (Å²) >= 11 is 0. The van der Waals surface area contributed by atoms with Crippen molar-refractivity contribution in [3.63, 3.8) is 0 Å². The highest BCUT2D eigenvalue weighted by Gasteiger charge is 2.21. The molecule has 0 radical (unpaired) electrons. The lowest BCUT2D eigenvalue weighted by Crippen LogP contribution is -2.15. The average molecular weight is 323 g/mol. The Kier molecular flexibility index (Phi) is 5.27. The quantitative estimate of drug-likeness (QED) is 0.755. The summed E-state index contributed by atoms with van der Waals surface area (Å²) in [7, 11) is -3.82. The normalized spacial score (nSPS) is 16.4. The number of benzene rings is 1. The first kappa shape index (κ1) is 17.0. The van der Waals surface area contributed by atoms with Gasteiger partial charge in [0.15, 0.2) is 0 Å². The second-order valence-corrected chi connectivity index (χ2v) is 8.04. The number of nitrogens with zero attached hydrogens (tertiary/aromatic N) is 1. The average Bonchev–Trinajstić information content (AvgIpc) is 2.54. The summed E-state index contributed by atoms with van der Waals surface area (Å²) in [5.41, 5.74) is 2.00. The summed E-state index contributed by atoms with van der Waals surface area (Å²) in [4.78, 5) is 0.156. The van der Waals surface area contributed by atoms with E-state index in [4.69, 9.17) is 4.28 Å². The van der Waals surface area contributed by atoms with E-state index in [2.05, 4.69) is 25.9 Å². The standard InChI is InChI=1S/C17H25NO3S/c1-4-17(2,3)14-10-12-16(13-11-14)22(19,20)21-18-15-8-6-5-7-9-15/h10-13H,4-9H2,1-3H3. The fraction of sp³-hybridized carbons (Fsp3) is 0.588. The number of hydrogen-bond acceptors (Lipinski definition) is 4. The summed E-state index contributed by atoms with van der Waals surface area (Å²) in [5.74, 6) is 0. The van der Waals surface area contributed by atoms with Crippen molar-refractivity contribution >= 4 is 15.8 Å². The lowest BCUT2D eigenvalue weighted by Gasteiger charge is -2.23. The van der Waals surface area contributed by atoms with Crippen LogP contribution in [0.3, 0.4) is 0 Å². The fourth-order valence-electron chi connectivity index (χ4n) is 2.47. The number of hydrogen-bond donors (Lipinski definition) is 0. The van der Waals surface area contributed by atoms with Crippen LogP contribution in [0.5, 0.6) is 0 Å². The molecule has 5 heteroatoms. The van der Waals surface area contributed by atoms with Crippen LogP contribution in [0.1, 0.15) is 64.9 Å². The maximum Gasteiger partial charge on any atom is 0.358 e. The fourth-order valence-corrected chi connectivity index (χ4v) is 3.23. The Labute approximate surface area is 133 Å². The van der Waals surface area contributed by atoms with Crippen LogP contribution in [0.4, 0.5) is 0 Å². The molecule has 0 atom stereocenters. The first-order valence-electron chi connectivity index (χ1n) is 7.95. The Morgan fingerprint density at radius 2 is 1.68 bits per heavy atom. The van der Waals surface area contributed by atoms with Crippen LogP contribution in [0.2, 0.25) is 0 Å². The minimum atomic E-state index is -3.82. The lowest BCUT2D eigenvalue weighted by molar-refractivity contribution is 0.334. The van der Waals surface area contributed by atoms with Gasteiger partial charge in [0.1, 0.15) is 4.90 Å². The summed E-state index contributed by atoms with van der Waals surface area (Å²) in [6.07, 6.45) is 5.95. The van der Waals surface area contributed by atoms with Gasteiger partial charge in [-0.25, -0.2) is 0 Å². The molecule has 1 fully saturated rings. The van der Waals surface area contributed by atoms with E-state index in [1.807, 2.05) is 12.1 Å². The minimum Gasteiger partial charge on any atom is -0.265 e. The molecular weight excluding hydrogens is 298 g/mol. The van der Waals surface area contributed by atoms with Crippen LogP contribution >= 0.6 is 0 Å². The first-order valence-corrected chi connectivity index (χ1v) is 9.36. The van der Waals surface area contributed by atoms with Gasteiger partial charge in [-0.1, -0.05) is 44.5 Å². The van der Waals surface area contributed by atoms with Crippen molar-refractivity contribution in [3.05, 3.63) is 29.8 Å². The van der Waals surface area contributed by atoms with Gasteiger partial charge in [0, 0.05) is 0 Å². The third-order valence-electron chi connectivity index (χ3n) is 4.50. The molecule has 0 N–H and O–H groups in total. The third-order valence-corrected chi connectivity index (χ3v) is 5.62. The first-order chi connectivity index (χ1) is 10.3. The molecule has 0 bridgehead atoms. The van der Waals surface area contributed by atoms with E-state index in [-0.39, 0.29) is 10.3 Å². The molecule has 22 heavy (non-hydrogen) atoms. The third kappa shape index (κ3) is 4.09. The Hall–Kier alpha value is -1.36.